The van der Waals surface area contributed by atoms with Gasteiger partial charge in [0.05, 0.1) is 0 Å². The third-order valence-corrected chi connectivity index (χ3v) is 7.79. The molecule has 0 atom stereocenters. The molecule has 0 saturated heterocycles. The molecule has 0 unspecified atom stereocenters. The highest BCUT2D eigenvalue weighted by atomic mass is 14.3. The lowest BCUT2D eigenvalue weighted by atomic mass is 9.77. The summed E-state index contributed by atoms with van der Waals surface area (Å²) in [5, 5.41) is 0. The molecule has 30 heavy (non-hydrogen) atoms. The van der Waals surface area contributed by atoms with Crippen LogP contribution in [0.1, 0.15) is 87.2 Å². The van der Waals surface area contributed by atoms with E-state index in [4.69, 9.17) is 0 Å². The first kappa shape index (κ1) is 21.2. The van der Waals surface area contributed by atoms with Crippen molar-refractivity contribution in [3.63, 3.8) is 0 Å². The predicted octanol–water partition coefficient (Wildman–Crippen LogP) is 9.05. The standard InChI is InChI=1S/C30H38/c1-3-5-23-7-11-25(12-8-23)27-15-19-29(20-16-27)30-21-17-28(18-22-30)26-13-9-24(6-4-2)10-14-26/h3-4,15-26H,1-2,5-14H2/t23-,24-,25-,26-. The fourth-order valence-electron chi connectivity index (χ4n) is 5.83. The SMILES string of the molecule is C=CC[C@H]1CC[C@H](c2ccc(-c3ccc([C@H]4CC[C@H](CC=C)CC4)cc3)cc2)CC1. The van der Waals surface area contributed by atoms with Crippen LogP contribution in [0, 0.1) is 11.8 Å². The highest BCUT2D eigenvalue weighted by Crippen LogP contribution is 2.39. The molecule has 0 aromatic heterocycles. The normalized spacial score (nSPS) is 26.8. The third kappa shape index (κ3) is 5.15. The van der Waals surface area contributed by atoms with E-state index < -0.39 is 0 Å². The first-order valence-corrected chi connectivity index (χ1v) is 12.2. The van der Waals surface area contributed by atoms with Crippen LogP contribution in [0.4, 0.5) is 0 Å². The summed E-state index contributed by atoms with van der Waals surface area (Å²) in [5.41, 5.74) is 5.76. The fourth-order valence-corrected chi connectivity index (χ4v) is 5.83. The Kier molecular flexibility index (Phi) is 7.26. The molecular formula is C30H38. The molecule has 2 aliphatic carbocycles. The Morgan fingerprint density at radius 1 is 0.533 bits per heavy atom. The highest BCUT2D eigenvalue weighted by molar-refractivity contribution is 5.64. The van der Waals surface area contributed by atoms with Crippen LogP contribution < -0.4 is 0 Å². The Hall–Kier alpha value is -2.08. The van der Waals surface area contributed by atoms with E-state index in [0.717, 1.165) is 23.7 Å². The molecule has 4 rings (SSSR count). The molecule has 2 aromatic rings. The average Bonchev–Trinajstić information content (AvgIpc) is 2.81. The highest BCUT2D eigenvalue weighted by Gasteiger charge is 2.22. The van der Waals surface area contributed by atoms with E-state index >= 15 is 0 Å². The van der Waals surface area contributed by atoms with Crippen LogP contribution in [0.2, 0.25) is 0 Å². The van der Waals surface area contributed by atoms with Gasteiger partial charge < -0.3 is 0 Å². The summed E-state index contributed by atoms with van der Waals surface area (Å²) in [7, 11) is 0. The molecule has 0 nitrogen and oxygen atoms in total. The predicted molar refractivity (Wildman–Crippen MR) is 131 cm³/mol. The zero-order chi connectivity index (χ0) is 20.8. The monoisotopic (exact) mass is 398 g/mol. The molecule has 0 bridgehead atoms. The van der Waals surface area contributed by atoms with Crippen molar-refractivity contribution >= 4 is 0 Å². The van der Waals surface area contributed by atoms with Gasteiger partial charge in [0.2, 0.25) is 0 Å². The number of allylic oxidation sites excluding steroid dienone is 2. The van der Waals surface area contributed by atoms with E-state index in [9.17, 15) is 0 Å². The van der Waals surface area contributed by atoms with Crippen molar-refractivity contribution in [2.24, 2.45) is 11.8 Å². The second-order valence-electron chi connectivity index (χ2n) is 9.73. The Morgan fingerprint density at radius 3 is 1.17 bits per heavy atom. The van der Waals surface area contributed by atoms with E-state index in [-0.39, 0.29) is 0 Å². The quantitative estimate of drug-likeness (QED) is 0.408. The molecule has 2 aliphatic rings. The van der Waals surface area contributed by atoms with Crippen molar-refractivity contribution in [2.75, 3.05) is 0 Å². The van der Waals surface area contributed by atoms with Gasteiger partial charge in [-0.3, -0.25) is 0 Å². The van der Waals surface area contributed by atoms with Gasteiger partial charge in [-0.15, -0.1) is 13.2 Å². The summed E-state index contributed by atoms with van der Waals surface area (Å²) in [6, 6.07) is 18.8. The van der Waals surface area contributed by atoms with Crippen molar-refractivity contribution in [1.82, 2.24) is 0 Å². The molecule has 0 heteroatoms. The van der Waals surface area contributed by atoms with Gasteiger partial charge in [-0.25, -0.2) is 0 Å². The second kappa shape index (κ2) is 10.3. The number of hydrogen-bond donors (Lipinski definition) is 0. The summed E-state index contributed by atoms with van der Waals surface area (Å²) < 4.78 is 0. The van der Waals surface area contributed by atoms with Crippen LogP contribution in [0.15, 0.2) is 73.8 Å². The maximum Gasteiger partial charge on any atom is -0.0162 e. The number of rotatable bonds is 7. The second-order valence-corrected chi connectivity index (χ2v) is 9.73. The molecule has 2 fully saturated rings. The minimum Gasteiger partial charge on any atom is -0.103 e. The summed E-state index contributed by atoms with van der Waals surface area (Å²) in [5.74, 6) is 3.24. The summed E-state index contributed by atoms with van der Waals surface area (Å²) in [6.45, 7) is 7.82. The maximum atomic E-state index is 3.91. The van der Waals surface area contributed by atoms with Gasteiger partial charge in [-0.05, 0) is 110 Å². The Balaban J connectivity index is 1.34. The molecule has 0 amide bonds. The van der Waals surface area contributed by atoms with Gasteiger partial charge in [-0.1, -0.05) is 60.7 Å². The van der Waals surface area contributed by atoms with Crippen LogP contribution in [0.3, 0.4) is 0 Å². The topological polar surface area (TPSA) is 0 Å². The average molecular weight is 399 g/mol. The van der Waals surface area contributed by atoms with Crippen LogP contribution in [-0.4, -0.2) is 0 Å². The lowest BCUT2D eigenvalue weighted by Crippen LogP contribution is -2.12. The first-order chi connectivity index (χ1) is 14.8. The zero-order valence-corrected chi connectivity index (χ0v) is 18.6. The largest absolute Gasteiger partial charge is 0.103 e. The molecule has 158 valence electrons. The van der Waals surface area contributed by atoms with Crippen molar-refractivity contribution < 1.29 is 0 Å². The molecule has 0 heterocycles. The molecule has 0 radical (unpaired) electrons. The first-order valence-electron chi connectivity index (χ1n) is 12.2. The fraction of sp³-hybridized carbons (Fsp3) is 0.467. The lowest BCUT2D eigenvalue weighted by Gasteiger charge is -2.28. The molecule has 0 spiro atoms. The van der Waals surface area contributed by atoms with Gasteiger partial charge in [0.1, 0.15) is 0 Å². The third-order valence-electron chi connectivity index (χ3n) is 7.79. The Labute approximate surface area is 184 Å². The van der Waals surface area contributed by atoms with E-state index in [2.05, 4.69) is 73.8 Å². The summed E-state index contributed by atoms with van der Waals surface area (Å²) >= 11 is 0. The molecule has 2 aromatic carbocycles. The van der Waals surface area contributed by atoms with Crippen molar-refractivity contribution in [1.29, 1.82) is 0 Å². The van der Waals surface area contributed by atoms with Gasteiger partial charge in [0.15, 0.2) is 0 Å². The van der Waals surface area contributed by atoms with E-state index in [1.807, 2.05) is 0 Å². The molecular weight excluding hydrogens is 360 g/mol. The Morgan fingerprint density at radius 2 is 0.867 bits per heavy atom. The lowest BCUT2D eigenvalue weighted by molar-refractivity contribution is 0.328. The molecule has 2 saturated carbocycles. The van der Waals surface area contributed by atoms with Crippen LogP contribution in [0.25, 0.3) is 11.1 Å². The minimum absolute atomic E-state index is 0.749. The molecule has 0 aliphatic heterocycles. The van der Waals surface area contributed by atoms with Crippen molar-refractivity contribution in [3.05, 3.63) is 85.0 Å². The van der Waals surface area contributed by atoms with Gasteiger partial charge in [0, 0.05) is 0 Å². The van der Waals surface area contributed by atoms with Crippen molar-refractivity contribution in [3.8, 4) is 11.1 Å². The van der Waals surface area contributed by atoms with E-state index in [1.54, 1.807) is 0 Å². The smallest absolute Gasteiger partial charge is 0.0162 e. The Bertz CT molecular complexity index is 723. The summed E-state index contributed by atoms with van der Waals surface area (Å²) in [6.07, 6.45) is 17.3. The van der Waals surface area contributed by atoms with Crippen LogP contribution in [-0.2, 0) is 0 Å². The van der Waals surface area contributed by atoms with Crippen LogP contribution >= 0.6 is 0 Å². The van der Waals surface area contributed by atoms with Gasteiger partial charge >= 0.3 is 0 Å². The van der Waals surface area contributed by atoms with Crippen LogP contribution in [0.5, 0.6) is 0 Å². The number of hydrogen-bond acceptors (Lipinski definition) is 0. The number of benzene rings is 2. The minimum atomic E-state index is 0.749. The van der Waals surface area contributed by atoms with Crippen molar-refractivity contribution in [2.45, 2.75) is 76.0 Å². The zero-order valence-electron chi connectivity index (χ0n) is 18.6. The van der Waals surface area contributed by atoms with E-state index in [0.29, 0.717) is 0 Å². The summed E-state index contributed by atoms with van der Waals surface area (Å²) in [4.78, 5) is 0. The van der Waals surface area contributed by atoms with Gasteiger partial charge in [0.25, 0.3) is 0 Å². The molecule has 0 N–H and O–H groups in total. The van der Waals surface area contributed by atoms with Gasteiger partial charge in [-0.2, -0.15) is 0 Å². The maximum absolute atomic E-state index is 3.91. The van der Waals surface area contributed by atoms with E-state index in [1.165, 1.54) is 86.5 Å².